The molecule has 0 aromatic heterocycles. The summed E-state index contributed by atoms with van der Waals surface area (Å²) in [6.45, 7) is 3.50. The van der Waals surface area contributed by atoms with Crippen LogP contribution in [-0.2, 0) is 61.2 Å². The van der Waals surface area contributed by atoms with Crippen molar-refractivity contribution in [2.45, 2.75) is 440 Å². The molecule has 3 aliphatic rings. The summed E-state index contributed by atoms with van der Waals surface area (Å²) in [5.41, 5.74) is 0. The number of esters is 3. The van der Waals surface area contributed by atoms with Crippen molar-refractivity contribution in [3.05, 3.63) is 0 Å². The van der Waals surface area contributed by atoms with Crippen molar-refractivity contribution in [3.63, 3.8) is 0 Å². The molecule has 1 saturated carbocycles. The van der Waals surface area contributed by atoms with Gasteiger partial charge in [0.2, 0.25) is 0 Å². The molecule has 0 spiro atoms. The molecule has 3 rings (SSSR count). The fourth-order valence-electron chi connectivity index (χ4n) is 13.6. The normalized spacial score (nSPS) is 27.1. The summed E-state index contributed by atoms with van der Waals surface area (Å²) in [5, 5.41) is 110. The van der Waals surface area contributed by atoms with Gasteiger partial charge in [0, 0.05) is 19.3 Å². The third-order valence-electron chi connectivity index (χ3n) is 20.1. The topological polar surface area (TPSA) is 374 Å². The second kappa shape index (κ2) is 58.0. The second-order valence-corrected chi connectivity index (χ2v) is 30.6. The molecule has 0 bridgehead atoms. The van der Waals surface area contributed by atoms with Crippen LogP contribution in [0.5, 0.6) is 0 Å². The number of hydrogen-bond acceptors (Lipinski definition) is 23. The van der Waals surface area contributed by atoms with E-state index in [1.807, 2.05) is 0 Å². The smallest absolute Gasteiger partial charge is 0.463 e. The Labute approximate surface area is 606 Å². The van der Waals surface area contributed by atoms with Gasteiger partial charge < -0.3 is 89.1 Å². The highest BCUT2D eigenvalue weighted by molar-refractivity contribution is 7.47. The van der Waals surface area contributed by atoms with Crippen molar-refractivity contribution in [3.8, 4) is 0 Å². The lowest BCUT2D eigenvalue weighted by atomic mass is 9.84. The van der Waals surface area contributed by atoms with Crippen LogP contribution in [-0.4, -0.2) is 204 Å². The maximum atomic E-state index is 14.4. The summed E-state index contributed by atoms with van der Waals surface area (Å²) in [6, 6.07) is 0. The van der Waals surface area contributed by atoms with Gasteiger partial charge in [-0.25, -0.2) is 4.57 Å². The van der Waals surface area contributed by atoms with Gasteiger partial charge in [-0.05, 0) is 19.3 Å². The van der Waals surface area contributed by atoms with Gasteiger partial charge in [0.25, 0.3) is 0 Å². The molecule has 0 aromatic rings. The molecule has 101 heavy (non-hydrogen) atoms. The van der Waals surface area contributed by atoms with Crippen molar-refractivity contribution in [1.29, 1.82) is 0 Å². The summed E-state index contributed by atoms with van der Waals surface area (Å²) in [5.74, 6) is -1.97. The van der Waals surface area contributed by atoms with Crippen molar-refractivity contribution >= 4 is 25.7 Å². The van der Waals surface area contributed by atoms with Crippen LogP contribution in [0.15, 0.2) is 0 Å². The van der Waals surface area contributed by atoms with Crippen LogP contribution in [0, 0.1) is 0 Å². The number of ether oxygens (including phenoxy) is 7. The number of carbonyl (C=O) groups is 3. The first-order valence-corrected chi connectivity index (χ1v) is 41.8. The van der Waals surface area contributed by atoms with E-state index in [2.05, 4.69) is 20.8 Å². The highest BCUT2D eigenvalue weighted by Gasteiger charge is 2.58. The van der Waals surface area contributed by atoms with Crippen LogP contribution in [0.2, 0.25) is 0 Å². The van der Waals surface area contributed by atoms with Crippen LogP contribution in [0.25, 0.3) is 0 Å². The summed E-state index contributed by atoms with van der Waals surface area (Å²) in [4.78, 5) is 51.1. The minimum Gasteiger partial charge on any atom is -0.463 e. The van der Waals surface area contributed by atoms with E-state index in [9.17, 15) is 74.9 Å². The van der Waals surface area contributed by atoms with Gasteiger partial charge in [0.15, 0.2) is 18.7 Å². The molecule has 18 unspecified atom stereocenters. The zero-order valence-corrected chi connectivity index (χ0v) is 63.4. The van der Waals surface area contributed by atoms with Crippen LogP contribution in [0.4, 0.5) is 0 Å². The molecule has 596 valence electrons. The molecule has 18 atom stereocenters. The molecule has 25 heteroatoms. The van der Waals surface area contributed by atoms with Gasteiger partial charge in [-0.1, -0.05) is 297 Å². The highest BCUT2D eigenvalue weighted by atomic mass is 31.2. The van der Waals surface area contributed by atoms with Crippen molar-refractivity contribution < 1.29 is 117 Å². The number of rotatable bonds is 64. The molecule has 2 aliphatic heterocycles. The SMILES string of the molecule is CCCCCCCCCCCCCCCCCCCC(=O)OCC1OC(OC2C(O)C(O)C(O)C(OC3OC(CO)C(O)C(O)C3O)C2OP(=O)(O)OCC(COC(=O)CCCCCCCCCCCCCCCCCC)OC(=O)CCCCCCCCCCCCCCC)C(O)C(O)C1O. The van der Waals surface area contributed by atoms with E-state index in [0.717, 1.165) is 89.9 Å². The summed E-state index contributed by atoms with van der Waals surface area (Å²) in [7, 11) is -5.69. The Kier molecular flexibility index (Phi) is 53.5. The van der Waals surface area contributed by atoms with Crippen molar-refractivity contribution in [2.24, 2.45) is 0 Å². The lowest BCUT2D eigenvalue weighted by molar-refractivity contribution is -0.360. The number of unbranched alkanes of at least 4 members (excludes halogenated alkanes) is 43. The number of aliphatic hydroxyl groups excluding tert-OH is 10. The van der Waals surface area contributed by atoms with E-state index in [4.69, 9.17) is 42.2 Å². The van der Waals surface area contributed by atoms with E-state index in [1.165, 1.54) is 186 Å². The molecule has 2 saturated heterocycles. The molecular formula is C76H143O24P. The predicted molar refractivity (Wildman–Crippen MR) is 384 cm³/mol. The van der Waals surface area contributed by atoms with E-state index in [1.54, 1.807) is 0 Å². The molecule has 1 aliphatic carbocycles. The Morgan fingerprint density at radius 1 is 0.347 bits per heavy atom. The fraction of sp³-hybridized carbons (Fsp3) is 0.961. The number of aliphatic hydroxyl groups is 10. The first-order valence-electron chi connectivity index (χ1n) is 40.3. The summed E-state index contributed by atoms with van der Waals surface area (Å²) in [6.07, 6.45) is 17.1. The van der Waals surface area contributed by atoms with Crippen LogP contribution < -0.4 is 0 Å². The first kappa shape index (κ1) is 93.2. The highest BCUT2D eigenvalue weighted by Crippen LogP contribution is 2.49. The lowest BCUT2D eigenvalue weighted by Gasteiger charge is -2.49. The molecule has 0 radical (unpaired) electrons. The number of phosphoric acid groups is 1. The minimum absolute atomic E-state index is 0.0332. The standard InChI is InChI=1S/C76H143O24P/c1-4-7-10-13-16-19-22-25-27-29-31-34-36-39-42-45-48-51-61(79)93-56-59-64(82)66(84)71(89)76(97-59)99-73-69(87)67(85)68(86)72(98-75-70(88)65(83)63(81)58(53-77)96-75)74(73)100-101(90,91)94-55-57(95-62(80)52-49-46-43-40-37-32-24-21-18-15-12-9-6-3)54-92-60(78)50-47-44-41-38-35-33-30-28-26-23-20-17-14-11-8-5-2/h57-59,63-77,81-89H,4-56H2,1-3H3,(H,90,91). The van der Waals surface area contributed by atoms with E-state index in [-0.39, 0.29) is 19.3 Å². The maximum Gasteiger partial charge on any atom is 0.472 e. The number of carbonyl (C=O) groups excluding carboxylic acids is 3. The Morgan fingerprint density at radius 3 is 0.970 bits per heavy atom. The summed E-state index contributed by atoms with van der Waals surface area (Å²) >= 11 is 0. The third-order valence-corrected chi connectivity index (χ3v) is 21.1. The van der Waals surface area contributed by atoms with Crippen molar-refractivity contribution in [2.75, 3.05) is 26.4 Å². The number of hydrogen-bond donors (Lipinski definition) is 11. The van der Waals surface area contributed by atoms with Crippen LogP contribution in [0.3, 0.4) is 0 Å². The monoisotopic (exact) mass is 1470 g/mol. The third kappa shape index (κ3) is 40.7. The van der Waals surface area contributed by atoms with Crippen LogP contribution in [0.1, 0.15) is 335 Å². The van der Waals surface area contributed by atoms with Gasteiger partial charge in [-0.3, -0.25) is 23.4 Å². The van der Waals surface area contributed by atoms with Gasteiger partial charge >= 0.3 is 25.7 Å². The van der Waals surface area contributed by atoms with E-state index < -0.39 is 156 Å². The predicted octanol–water partition coefficient (Wildman–Crippen LogP) is 12.1. The molecule has 3 fully saturated rings. The first-order chi connectivity index (χ1) is 48.8. The molecule has 24 nitrogen and oxygen atoms in total. The Balaban J connectivity index is 1.69. The Morgan fingerprint density at radius 2 is 0.634 bits per heavy atom. The van der Waals surface area contributed by atoms with Gasteiger partial charge in [0.05, 0.1) is 13.2 Å². The zero-order valence-electron chi connectivity index (χ0n) is 62.5. The Bertz CT molecular complexity index is 2080. The van der Waals surface area contributed by atoms with E-state index >= 15 is 0 Å². The quantitative estimate of drug-likeness (QED) is 0.0117. The number of phosphoric ester groups is 1. The van der Waals surface area contributed by atoms with E-state index in [0.29, 0.717) is 19.3 Å². The second-order valence-electron chi connectivity index (χ2n) is 29.2. The zero-order chi connectivity index (χ0) is 73.9. The largest absolute Gasteiger partial charge is 0.472 e. The Hall–Kier alpha value is -2.04. The maximum absolute atomic E-state index is 14.4. The molecule has 0 aromatic carbocycles. The molecule has 11 N–H and O–H groups in total. The summed E-state index contributed by atoms with van der Waals surface area (Å²) < 4.78 is 65.2. The molecular weight excluding hydrogens is 1330 g/mol. The lowest BCUT2D eigenvalue weighted by Crippen LogP contribution is -2.69. The van der Waals surface area contributed by atoms with Gasteiger partial charge in [-0.2, -0.15) is 0 Å². The minimum atomic E-state index is -5.69. The van der Waals surface area contributed by atoms with Crippen molar-refractivity contribution in [1.82, 2.24) is 0 Å². The van der Waals surface area contributed by atoms with Crippen LogP contribution >= 0.6 is 7.82 Å². The fourth-order valence-corrected chi connectivity index (χ4v) is 14.5. The average molecular weight is 1470 g/mol. The molecule has 0 amide bonds. The van der Waals surface area contributed by atoms with Gasteiger partial charge in [0.1, 0.15) is 98.7 Å². The molecule has 2 heterocycles. The van der Waals surface area contributed by atoms with Gasteiger partial charge in [-0.15, -0.1) is 0 Å². The average Bonchev–Trinajstić information content (AvgIpc) is 0.762.